The van der Waals surface area contributed by atoms with Gasteiger partial charge in [0.1, 0.15) is 0 Å². The Labute approximate surface area is 182 Å². The summed E-state index contributed by atoms with van der Waals surface area (Å²) in [6.45, 7) is 1.97. The molecular weight excluding hydrogens is 394 g/mol. The SMILES string of the molecule is Cc1ccc(N2C(=O)[C@H](C=Nc3ccc(C4CCCCC4)cc3)C(=O)NC2=S)cc1. The average Bonchev–Trinajstić information content (AvgIpc) is 2.76. The van der Waals surface area contributed by atoms with Crippen molar-refractivity contribution in [2.75, 3.05) is 4.90 Å². The molecule has 4 rings (SSSR count). The fraction of sp³-hybridized carbons (Fsp3) is 0.333. The molecule has 1 aliphatic heterocycles. The zero-order valence-corrected chi connectivity index (χ0v) is 17.8. The number of aliphatic imine (C=N–C) groups is 1. The van der Waals surface area contributed by atoms with E-state index in [1.54, 1.807) is 0 Å². The van der Waals surface area contributed by atoms with Crippen molar-refractivity contribution >= 4 is 46.7 Å². The van der Waals surface area contributed by atoms with E-state index < -0.39 is 17.7 Å². The van der Waals surface area contributed by atoms with Gasteiger partial charge in [-0.3, -0.25) is 19.5 Å². The highest BCUT2D eigenvalue weighted by Crippen LogP contribution is 2.33. The van der Waals surface area contributed by atoms with Crippen LogP contribution in [0.2, 0.25) is 0 Å². The van der Waals surface area contributed by atoms with Gasteiger partial charge in [0, 0.05) is 6.21 Å². The van der Waals surface area contributed by atoms with Crippen LogP contribution in [0.3, 0.4) is 0 Å². The van der Waals surface area contributed by atoms with Crippen molar-refractivity contribution in [2.45, 2.75) is 44.9 Å². The summed E-state index contributed by atoms with van der Waals surface area (Å²) in [4.78, 5) is 31.2. The van der Waals surface area contributed by atoms with Crippen LogP contribution >= 0.6 is 12.2 Å². The summed E-state index contributed by atoms with van der Waals surface area (Å²) in [6.07, 6.45) is 7.82. The van der Waals surface area contributed by atoms with Gasteiger partial charge >= 0.3 is 0 Å². The third-order valence-electron chi connectivity index (χ3n) is 5.84. The largest absolute Gasteiger partial charge is 0.301 e. The number of aryl methyl sites for hydroxylation is 1. The van der Waals surface area contributed by atoms with Gasteiger partial charge in [-0.05, 0) is 67.7 Å². The number of carbonyl (C=O) groups is 2. The monoisotopic (exact) mass is 419 g/mol. The predicted octanol–water partition coefficient (Wildman–Crippen LogP) is 4.81. The van der Waals surface area contributed by atoms with E-state index in [9.17, 15) is 9.59 Å². The smallest absolute Gasteiger partial charge is 0.251 e. The Hall–Kier alpha value is -2.86. The number of rotatable bonds is 4. The van der Waals surface area contributed by atoms with Gasteiger partial charge < -0.3 is 5.32 Å². The minimum atomic E-state index is -1.02. The number of anilines is 1. The molecule has 0 bridgehead atoms. The zero-order chi connectivity index (χ0) is 21.1. The van der Waals surface area contributed by atoms with Gasteiger partial charge in [0.15, 0.2) is 11.0 Å². The average molecular weight is 420 g/mol. The first-order valence-electron chi connectivity index (χ1n) is 10.4. The Morgan fingerprint density at radius 1 is 1.00 bits per heavy atom. The van der Waals surface area contributed by atoms with E-state index in [1.165, 1.54) is 48.8 Å². The van der Waals surface area contributed by atoms with E-state index in [0.29, 0.717) is 11.6 Å². The van der Waals surface area contributed by atoms with E-state index in [2.05, 4.69) is 22.4 Å². The summed E-state index contributed by atoms with van der Waals surface area (Å²) in [6, 6.07) is 15.6. The second kappa shape index (κ2) is 8.88. The molecule has 0 aromatic heterocycles. The third-order valence-corrected chi connectivity index (χ3v) is 6.12. The molecule has 1 N–H and O–H groups in total. The van der Waals surface area contributed by atoms with E-state index in [4.69, 9.17) is 12.2 Å². The standard InChI is InChI=1S/C24H25N3O2S/c1-16-7-13-20(14-8-16)27-23(29)21(22(28)26-24(27)30)15-25-19-11-9-18(10-12-19)17-5-3-2-4-6-17/h7-15,17,21H,2-6H2,1H3,(H,26,28,30)/t21-/m1/s1. The zero-order valence-electron chi connectivity index (χ0n) is 17.0. The molecule has 1 aliphatic carbocycles. The minimum Gasteiger partial charge on any atom is -0.301 e. The van der Waals surface area contributed by atoms with Crippen molar-refractivity contribution in [1.29, 1.82) is 0 Å². The fourth-order valence-electron chi connectivity index (χ4n) is 4.09. The Bertz CT molecular complexity index is 977. The van der Waals surface area contributed by atoms with Gasteiger partial charge in [0.2, 0.25) is 5.91 Å². The van der Waals surface area contributed by atoms with Crippen LogP contribution in [-0.4, -0.2) is 23.1 Å². The van der Waals surface area contributed by atoms with Gasteiger partial charge in [-0.15, -0.1) is 0 Å². The van der Waals surface area contributed by atoms with Gasteiger partial charge in [-0.25, -0.2) is 0 Å². The second-order valence-corrected chi connectivity index (χ2v) is 8.37. The van der Waals surface area contributed by atoms with Crippen molar-refractivity contribution in [3.63, 3.8) is 0 Å². The lowest BCUT2D eigenvalue weighted by Gasteiger charge is -2.30. The molecule has 154 valence electrons. The molecule has 2 fully saturated rings. The van der Waals surface area contributed by atoms with Crippen LogP contribution in [0.15, 0.2) is 53.5 Å². The van der Waals surface area contributed by atoms with E-state index in [1.807, 2.05) is 43.3 Å². The maximum atomic E-state index is 13.0. The molecule has 0 radical (unpaired) electrons. The maximum Gasteiger partial charge on any atom is 0.251 e. The Kier molecular flexibility index (Phi) is 6.04. The lowest BCUT2D eigenvalue weighted by molar-refractivity contribution is -0.130. The third kappa shape index (κ3) is 4.33. The normalized spacial score (nSPS) is 20.6. The van der Waals surface area contributed by atoms with Crippen molar-refractivity contribution in [1.82, 2.24) is 5.32 Å². The highest BCUT2D eigenvalue weighted by Gasteiger charge is 2.38. The van der Waals surface area contributed by atoms with Crippen molar-refractivity contribution in [2.24, 2.45) is 10.9 Å². The van der Waals surface area contributed by atoms with Crippen LogP contribution in [0.1, 0.15) is 49.1 Å². The van der Waals surface area contributed by atoms with Crippen LogP contribution in [-0.2, 0) is 9.59 Å². The van der Waals surface area contributed by atoms with E-state index in [0.717, 1.165) is 11.3 Å². The molecule has 2 aliphatic rings. The Balaban J connectivity index is 1.50. The topological polar surface area (TPSA) is 61.8 Å². The van der Waals surface area contributed by atoms with Gasteiger partial charge in [0.25, 0.3) is 5.91 Å². The minimum absolute atomic E-state index is 0.0929. The summed E-state index contributed by atoms with van der Waals surface area (Å²) in [5.41, 5.74) is 3.78. The van der Waals surface area contributed by atoms with Gasteiger partial charge in [-0.1, -0.05) is 49.1 Å². The molecule has 6 heteroatoms. The van der Waals surface area contributed by atoms with Crippen LogP contribution in [0.4, 0.5) is 11.4 Å². The second-order valence-electron chi connectivity index (χ2n) is 7.99. The number of nitrogens with zero attached hydrogens (tertiary/aromatic N) is 2. The van der Waals surface area contributed by atoms with Crippen molar-refractivity contribution < 1.29 is 9.59 Å². The highest BCUT2D eigenvalue weighted by molar-refractivity contribution is 7.80. The van der Waals surface area contributed by atoms with Gasteiger partial charge in [-0.2, -0.15) is 0 Å². The van der Waals surface area contributed by atoms with Crippen LogP contribution in [0.5, 0.6) is 0 Å². The number of thiocarbonyl (C=S) groups is 1. The molecule has 1 heterocycles. The number of hydrogen-bond donors (Lipinski definition) is 1. The number of benzene rings is 2. The first-order valence-corrected chi connectivity index (χ1v) is 10.8. The molecule has 2 aromatic rings. The number of hydrogen-bond acceptors (Lipinski definition) is 4. The Morgan fingerprint density at radius 2 is 1.67 bits per heavy atom. The quantitative estimate of drug-likeness (QED) is 0.439. The summed E-state index contributed by atoms with van der Waals surface area (Å²) < 4.78 is 0. The molecule has 5 nitrogen and oxygen atoms in total. The molecule has 2 amide bonds. The van der Waals surface area contributed by atoms with Crippen molar-refractivity contribution in [3.05, 3.63) is 59.7 Å². The summed E-state index contributed by atoms with van der Waals surface area (Å²) in [5.74, 6) is -1.23. The van der Waals surface area contributed by atoms with E-state index in [-0.39, 0.29) is 5.11 Å². The first-order chi connectivity index (χ1) is 14.5. The molecule has 1 saturated heterocycles. The summed E-state index contributed by atoms with van der Waals surface area (Å²) in [7, 11) is 0. The van der Waals surface area contributed by atoms with Crippen LogP contribution in [0.25, 0.3) is 0 Å². The molecule has 2 aromatic carbocycles. The molecule has 30 heavy (non-hydrogen) atoms. The number of amides is 2. The predicted molar refractivity (Wildman–Crippen MR) is 123 cm³/mol. The summed E-state index contributed by atoms with van der Waals surface area (Å²) >= 11 is 5.23. The molecule has 1 atom stereocenters. The highest BCUT2D eigenvalue weighted by atomic mass is 32.1. The number of carbonyl (C=O) groups excluding carboxylic acids is 2. The van der Waals surface area contributed by atoms with E-state index >= 15 is 0 Å². The lowest BCUT2D eigenvalue weighted by atomic mass is 9.84. The summed E-state index contributed by atoms with van der Waals surface area (Å²) in [5, 5.41) is 2.71. The maximum absolute atomic E-state index is 13.0. The fourth-order valence-corrected chi connectivity index (χ4v) is 4.39. The van der Waals surface area contributed by atoms with Crippen molar-refractivity contribution in [3.8, 4) is 0 Å². The van der Waals surface area contributed by atoms with Crippen LogP contribution < -0.4 is 10.2 Å². The lowest BCUT2D eigenvalue weighted by Crippen LogP contribution is -2.58. The van der Waals surface area contributed by atoms with Gasteiger partial charge in [0.05, 0.1) is 11.4 Å². The molecule has 0 unspecified atom stereocenters. The Morgan fingerprint density at radius 3 is 2.33 bits per heavy atom. The molecule has 0 spiro atoms. The molecule has 1 saturated carbocycles. The first kappa shape index (κ1) is 20.4. The number of nitrogens with one attached hydrogen (secondary N) is 1. The van der Waals surface area contributed by atoms with Crippen LogP contribution in [0, 0.1) is 12.8 Å². The molecular formula is C24H25N3O2S.